The Morgan fingerprint density at radius 3 is 0.800 bits per heavy atom. The molecule has 0 aromatic heterocycles. The van der Waals surface area contributed by atoms with Crippen molar-refractivity contribution in [3.63, 3.8) is 0 Å². The third-order valence-corrected chi connectivity index (χ3v) is 0. The highest BCUT2D eigenvalue weighted by Gasteiger charge is 1.99. The fourth-order valence-electron chi connectivity index (χ4n) is 0. The molecule has 0 aromatic carbocycles. The van der Waals surface area contributed by atoms with Crippen LogP contribution in [0, 0.1) is 0 Å². The van der Waals surface area contributed by atoms with Crippen LogP contribution in [-0.2, 0) is 0 Å². The minimum Gasteiger partial charge on any atom is -0.0111 e. The van der Waals surface area contributed by atoms with Crippen LogP contribution in [0.1, 0.15) is 0 Å². The predicted molar refractivity (Wildman–Crippen MR) is 45.5 cm³/mol. The highest BCUT2D eigenvalue weighted by molar-refractivity contribution is 7.76. The highest BCUT2D eigenvalue weighted by Crippen LogP contribution is 1.62. The molecule has 5 heteroatoms. The van der Waals surface area contributed by atoms with E-state index in [2.05, 4.69) is 0 Å². The predicted octanol–water partition coefficient (Wildman–Crippen LogP) is -5.12. The smallest absolute Gasteiger partial charge is 0.00681 e. The van der Waals surface area contributed by atoms with E-state index >= 15 is 0 Å². The second-order valence-corrected chi connectivity index (χ2v) is 81.0. The normalized spacial score (nSPS) is 24.0. The highest BCUT2D eigenvalue weighted by atomic mass is 30.1. The average molecular weight is 153 g/mol. The summed E-state index contributed by atoms with van der Waals surface area (Å²) in [4.78, 5) is 0. The van der Waals surface area contributed by atoms with Gasteiger partial charge in [0.2, 0.25) is 0 Å². The zero-order chi connectivity index (χ0) is 4.50. The van der Waals surface area contributed by atoms with E-state index in [1.54, 1.807) is 39.0 Å². The van der Waals surface area contributed by atoms with Gasteiger partial charge in [-0.2, -0.15) is 0 Å². The summed E-state index contributed by atoms with van der Waals surface area (Å²) in [5.41, 5.74) is 0. The molecule has 0 nitrogen and oxygen atoms in total. The van der Waals surface area contributed by atoms with Crippen molar-refractivity contribution in [3.8, 4) is 0 Å². The van der Waals surface area contributed by atoms with Crippen molar-refractivity contribution in [1.82, 2.24) is 0 Å². The lowest BCUT2D eigenvalue weighted by molar-refractivity contribution is 3.76. The monoisotopic (exact) mass is 152 g/mol. The molecule has 0 aliphatic carbocycles. The molecule has 0 radical (unpaired) electrons. The molecule has 0 saturated carbocycles. The molecule has 0 aliphatic rings. The van der Waals surface area contributed by atoms with Crippen molar-refractivity contribution in [2.45, 2.75) is 0 Å². The quantitative estimate of drug-likeness (QED) is 0.305. The van der Waals surface area contributed by atoms with Crippen LogP contribution in [0.15, 0.2) is 0 Å². The van der Waals surface area contributed by atoms with E-state index in [1.165, 1.54) is 0 Å². The van der Waals surface area contributed by atoms with Gasteiger partial charge in [-0.1, -0.05) is 0 Å². The van der Waals surface area contributed by atoms with Crippen LogP contribution in [-0.4, -0.2) is 45.2 Å². The van der Waals surface area contributed by atoms with E-state index < -0.39 is 0 Å². The molecule has 0 atom stereocenters. The number of hydrogen-bond acceptors (Lipinski definition) is 0. The Balaban J connectivity index is 3.02. The van der Waals surface area contributed by atoms with Crippen LogP contribution < -0.4 is 0 Å². The second kappa shape index (κ2) is 1.69. The molecule has 32 valence electrons. The van der Waals surface area contributed by atoms with E-state index in [9.17, 15) is 0 Å². The van der Waals surface area contributed by atoms with Crippen LogP contribution in [0.25, 0.3) is 0 Å². The molecule has 0 amide bonds. The van der Waals surface area contributed by atoms with Crippen molar-refractivity contribution >= 4 is 45.2 Å². The van der Waals surface area contributed by atoms with Gasteiger partial charge in [0.1, 0.15) is 0 Å². The standard InChI is InChI=1S/H12Si5/c1-5(2,3)4/h1-4H3. The number of rotatable bonds is 0. The van der Waals surface area contributed by atoms with Gasteiger partial charge in [0.15, 0.2) is 0 Å². The fourth-order valence-corrected chi connectivity index (χ4v) is 0. The van der Waals surface area contributed by atoms with Crippen LogP contribution in [0.2, 0.25) is 0 Å². The third kappa shape index (κ3) is 41.1. The van der Waals surface area contributed by atoms with Gasteiger partial charge >= 0.3 is 0 Å². The first-order valence-corrected chi connectivity index (χ1v) is 18.0. The van der Waals surface area contributed by atoms with E-state index in [0.29, 0.717) is 0 Å². The first-order valence-electron chi connectivity index (χ1n) is 2.00. The lowest BCUT2D eigenvalue weighted by atomic mass is 26.1. The summed E-state index contributed by atoms with van der Waals surface area (Å²) in [7, 11) is 6.53. The van der Waals surface area contributed by atoms with E-state index in [1.807, 2.05) is 0 Å². The summed E-state index contributed by atoms with van der Waals surface area (Å²) >= 11 is 0. The molecule has 0 N–H and O–H groups in total. The van der Waals surface area contributed by atoms with Crippen molar-refractivity contribution < 1.29 is 0 Å². The maximum atomic E-state index is 1.63. The second-order valence-electron chi connectivity index (χ2n) is 3.00. The topological polar surface area (TPSA) is 0 Å². The molecule has 0 aromatic rings. The Morgan fingerprint density at radius 2 is 0.800 bits per heavy atom. The Bertz CT molecular complexity index is 15.5. The summed E-state index contributed by atoms with van der Waals surface area (Å²) in [6, 6.07) is 0. The zero-order valence-electron chi connectivity index (χ0n) is 4.50. The Hall–Kier alpha value is 1.08. The Morgan fingerprint density at radius 1 is 0.800 bits per heavy atom. The summed E-state index contributed by atoms with van der Waals surface area (Å²) in [6.45, 7) is 0. The first-order chi connectivity index (χ1) is 2.00. The van der Waals surface area contributed by atoms with Gasteiger partial charge in [-0.25, -0.2) is 0 Å². The number of hydrogen-bond donors (Lipinski definition) is 0. The van der Waals surface area contributed by atoms with E-state index in [4.69, 9.17) is 0 Å². The Labute approximate surface area is 45.6 Å². The van der Waals surface area contributed by atoms with Crippen LogP contribution in [0.3, 0.4) is 0 Å². The summed E-state index contributed by atoms with van der Waals surface area (Å²) in [5, 5.41) is 0. The van der Waals surface area contributed by atoms with Crippen LogP contribution in [0.5, 0.6) is 0 Å². The lowest BCUT2D eigenvalue weighted by Crippen LogP contribution is -2.38. The van der Waals surface area contributed by atoms with Gasteiger partial charge < -0.3 is 0 Å². The van der Waals surface area contributed by atoms with Crippen molar-refractivity contribution in [3.05, 3.63) is 0 Å². The minimum absolute atomic E-state index is 0.0556. The summed E-state index contributed by atoms with van der Waals surface area (Å²) < 4.78 is 0. The fraction of sp³-hybridized carbons (Fsp3) is 0. The minimum atomic E-state index is -0.0556. The van der Waals surface area contributed by atoms with Crippen LogP contribution >= 0.6 is 0 Å². The molecule has 0 aliphatic heterocycles. The molecule has 0 spiro atoms. The van der Waals surface area contributed by atoms with Crippen LogP contribution in [0.4, 0.5) is 0 Å². The first kappa shape index (κ1) is 6.08. The zero-order valence-corrected chi connectivity index (χ0v) is 13.5. The molecule has 0 unspecified atom stereocenters. The van der Waals surface area contributed by atoms with Crippen molar-refractivity contribution in [1.29, 1.82) is 0 Å². The van der Waals surface area contributed by atoms with Gasteiger partial charge in [0.25, 0.3) is 0 Å². The van der Waals surface area contributed by atoms with Gasteiger partial charge in [0, 0.05) is 0 Å². The maximum Gasteiger partial charge on any atom is -0.00681 e. The molecule has 0 heterocycles. The third-order valence-electron chi connectivity index (χ3n) is 0. The molecular weight excluding hydrogens is 140 g/mol. The van der Waals surface area contributed by atoms with Gasteiger partial charge in [-0.3, -0.25) is 0 Å². The van der Waals surface area contributed by atoms with E-state index in [0.717, 1.165) is 0 Å². The molecule has 5 heavy (non-hydrogen) atoms. The SMILES string of the molecule is [SiH3][Si]([SiH3])([SiH3])[SiH3]. The van der Waals surface area contributed by atoms with Gasteiger partial charge in [-0.05, 0) is 45.2 Å². The average Bonchev–Trinajstić information content (AvgIpc) is 0.722. The van der Waals surface area contributed by atoms with E-state index in [-0.39, 0.29) is 6.14 Å². The Kier molecular flexibility index (Phi) is 2.06. The molecule has 0 rings (SSSR count). The molecule has 0 fully saturated rings. The van der Waals surface area contributed by atoms with Gasteiger partial charge in [0.05, 0.1) is 0 Å². The van der Waals surface area contributed by atoms with Crippen molar-refractivity contribution in [2.75, 3.05) is 0 Å². The summed E-state index contributed by atoms with van der Waals surface area (Å²) in [5.74, 6) is 0. The summed E-state index contributed by atoms with van der Waals surface area (Å²) in [6.07, 6.45) is -0.0556. The van der Waals surface area contributed by atoms with Gasteiger partial charge in [-0.15, -0.1) is 0 Å². The molecule has 0 saturated heterocycles. The molecule has 0 bridgehead atoms. The lowest BCUT2D eigenvalue weighted by Gasteiger charge is -2.01. The van der Waals surface area contributed by atoms with Crippen molar-refractivity contribution in [2.24, 2.45) is 0 Å². The largest absolute Gasteiger partial charge is 0.0111 e. The maximum absolute atomic E-state index is 1.63. The molecular formula is H12Si5.